The molecule has 0 rings (SSSR count). The molecule has 0 aliphatic heterocycles. The molecule has 0 aliphatic carbocycles. The van der Waals surface area contributed by atoms with Crippen molar-refractivity contribution in [2.45, 2.75) is 11.0 Å². The average molecular weight is 278 g/mol. The van der Waals surface area contributed by atoms with Gasteiger partial charge in [0.1, 0.15) is 0 Å². The van der Waals surface area contributed by atoms with Gasteiger partial charge in [0.15, 0.2) is 0 Å². The number of nitrogens with one attached hydrogen (secondary N) is 2. The lowest BCUT2D eigenvalue weighted by atomic mass is 11.6. The SMILES string of the molecule is N=S(=O)([N-]S(=N)(=O)C(F)(F)F)C(F)(F)F. The van der Waals surface area contributed by atoms with E-state index in [9.17, 15) is 34.8 Å². The van der Waals surface area contributed by atoms with Gasteiger partial charge in [0.2, 0.25) is 0 Å². The Morgan fingerprint density at radius 2 is 1.00 bits per heavy atom. The van der Waals surface area contributed by atoms with E-state index in [0.29, 0.717) is 0 Å². The molecule has 2 atom stereocenters. The lowest BCUT2D eigenvalue weighted by molar-refractivity contribution is -0.0412. The monoisotopic (exact) mass is 278 g/mol. The van der Waals surface area contributed by atoms with Crippen LogP contribution in [0.5, 0.6) is 0 Å². The fourth-order valence-electron chi connectivity index (χ4n) is 0.232. The molecular weight excluding hydrogens is 276 g/mol. The molecular formula is C2H2F6N3O2S2-. The Balaban J connectivity index is 5.28. The lowest BCUT2D eigenvalue weighted by Gasteiger charge is -2.28. The second-order valence-corrected chi connectivity index (χ2v) is 5.64. The number of rotatable bonds is 2. The van der Waals surface area contributed by atoms with Crippen LogP contribution in [-0.4, -0.2) is 19.4 Å². The number of halogens is 6. The summed E-state index contributed by atoms with van der Waals surface area (Å²) in [5.74, 6) is 0. The molecule has 0 saturated carbocycles. The van der Waals surface area contributed by atoms with E-state index in [1.807, 2.05) is 0 Å². The maximum absolute atomic E-state index is 11.6. The highest BCUT2D eigenvalue weighted by Gasteiger charge is 2.42. The largest absolute Gasteiger partial charge is 0.462 e. The standard InChI is InChI=1S/C2H2F6N3O2S2/c3-1(4,5)14(9,12)11-15(10,13)2(6,7)8/h(H2-,9,10,11,12,13)/q-1. The molecule has 92 valence electrons. The zero-order valence-electron chi connectivity index (χ0n) is 6.35. The van der Waals surface area contributed by atoms with Gasteiger partial charge < -0.3 is 4.13 Å². The van der Waals surface area contributed by atoms with E-state index in [0.717, 1.165) is 0 Å². The van der Waals surface area contributed by atoms with Crippen molar-refractivity contribution in [3.63, 3.8) is 0 Å². The zero-order chi connectivity index (χ0) is 12.7. The fourth-order valence-corrected chi connectivity index (χ4v) is 2.09. The summed E-state index contributed by atoms with van der Waals surface area (Å²) in [4.78, 5) is 0. The van der Waals surface area contributed by atoms with Crippen molar-refractivity contribution in [1.29, 1.82) is 9.56 Å². The topological polar surface area (TPSA) is 95.9 Å². The van der Waals surface area contributed by atoms with Gasteiger partial charge in [0, 0.05) is 0 Å². The minimum absolute atomic E-state index is 1.22. The van der Waals surface area contributed by atoms with E-state index in [1.54, 1.807) is 0 Å². The summed E-state index contributed by atoms with van der Waals surface area (Å²) in [5, 5.41) is 0. The van der Waals surface area contributed by atoms with Crippen LogP contribution in [0, 0.1) is 9.56 Å². The molecule has 13 heteroatoms. The molecule has 0 spiro atoms. The Morgan fingerprint density at radius 3 is 1.13 bits per heavy atom. The van der Waals surface area contributed by atoms with Crippen molar-refractivity contribution in [3.8, 4) is 0 Å². The molecule has 0 aliphatic rings. The van der Waals surface area contributed by atoms with Gasteiger partial charge >= 0.3 is 11.0 Å². The Kier molecular flexibility index (Phi) is 3.35. The second kappa shape index (κ2) is 3.48. The van der Waals surface area contributed by atoms with Gasteiger partial charge in [0.05, 0.1) is 19.8 Å². The molecule has 0 bridgehead atoms. The Morgan fingerprint density at radius 1 is 0.800 bits per heavy atom. The first-order valence-corrected chi connectivity index (χ1v) is 5.68. The van der Waals surface area contributed by atoms with Crippen LogP contribution in [-0.2, 0) is 19.8 Å². The third-order valence-corrected chi connectivity index (χ3v) is 3.77. The Labute approximate surface area is 80.1 Å². The number of hydrogen-bond acceptors (Lipinski definition) is 4. The molecule has 0 fully saturated rings. The first kappa shape index (κ1) is 14.4. The summed E-state index contributed by atoms with van der Waals surface area (Å²) >= 11 is 0. The molecule has 0 radical (unpaired) electrons. The van der Waals surface area contributed by atoms with Crippen LogP contribution in [0.3, 0.4) is 0 Å². The van der Waals surface area contributed by atoms with E-state index < -0.39 is 30.8 Å². The minimum atomic E-state index is -6.10. The molecule has 15 heavy (non-hydrogen) atoms. The molecule has 0 saturated heterocycles. The summed E-state index contributed by atoms with van der Waals surface area (Å²) < 4.78 is 103. The van der Waals surface area contributed by atoms with Gasteiger partial charge in [0.25, 0.3) is 0 Å². The van der Waals surface area contributed by atoms with Gasteiger partial charge in [-0.1, -0.05) is 0 Å². The molecule has 2 N–H and O–H groups in total. The summed E-state index contributed by atoms with van der Waals surface area (Å²) in [6.07, 6.45) is 0. The summed E-state index contributed by atoms with van der Waals surface area (Å²) in [5.41, 5.74) is -11.8. The van der Waals surface area contributed by atoms with E-state index in [-0.39, 0.29) is 0 Å². The van der Waals surface area contributed by atoms with E-state index in [1.165, 1.54) is 4.13 Å². The predicted octanol–water partition coefficient (Wildman–Crippen LogP) is 2.32. The van der Waals surface area contributed by atoms with Crippen molar-refractivity contribution in [2.75, 3.05) is 0 Å². The first-order valence-electron chi connectivity index (χ1n) is 2.65. The maximum Gasteiger partial charge on any atom is 0.462 e. The highest BCUT2D eigenvalue weighted by Crippen LogP contribution is 2.37. The quantitative estimate of drug-likeness (QED) is 0.758. The van der Waals surface area contributed by atoms with Crippen LogP contribution in [0.1, 0.15) is 0 Å². The second-order valence-electron chi connectivity index (χ2n) is 2.02. The van der Waals surface area contributed by atoms with Gasteiger partial charge in [-0.2, -0.15) is 26.3 Å². The average Bonchev–Trinajstić information content (AvgIpc) is 1.77. The maximum atomic E-state index is 11.6. The highest BCUT2D eigenvalue weighted by molar-refractivity contribution is 8.13. The van der Waals surface area contributed by atoms with E-state index in [2.05, 4.69) is 0 Å². The molecule has 0 aromatic rings. The molecule has 2 unspecified atom stereocenters. The van der Waals surface area contributed by atoms with Crippen LogP contribution in [0.15, 0.2) is 0 Å². The summed E-state index contributed by atoms with van der Waals surface area (Å²) in [6.45, 7) is 0. The Bertz CT molecular complexity index is 386. The Hall–Kier alpha value is -0.560. The number of hydrogen-bond donors (Lipinski definition) is 2. The van der Waals surface area contributed by atoms with E-state index >= 15 is 0 Å². The summed E-state index contributed by atoms with van der Waals surface area (Å²) in [6, 6.07) is 0. The normalized spacial score (nSPS) is 21.7. The predicted molar refractivity (Wildman–Crippen MR) is 37.2 cm³/mol. The van der Waals surface area contributed by atoms with Gasteiger partial charge in [-0.05, 0) is 0 Å². The van der Waals surface area contributed by atoms with E-state index in [4.69, 9.17) is 9.56 Å². The van der Waals surface area contributed by atoms with Crippen LogP contribution in [0.25, 0.3) is 4.13 Å². The van der Waals surface area contributed by atoms with Crippen LogP contribution >= 0.6 is 0 Å². The van der Waals surface area contributed by atoms with Crippen LogP contribution in [0.2, 0.25) is 0 Å². The fraction of sp³-hybridized carbons (Fsp3) is 1.00. The summed E-state index contributed by atoms with van der Waals surface area (Å²) in [7, 11) is -12.2. The zero-order valence-corrected chi connectivity index (χ0v) is 7.98. The van der Waals surface area contributed by atoms with Gasteiger partial charge in [-0.3, -0.25) is 18.0 Å². The van der Waals surface area contributed by atoms with Crippen molar-refractivity contribution < 1.29 is 34.8 Å². The van der Waals surface area contributed by atoms with Gasteiger partial charge in [-0.25, -0.2) is 0 Å². The van der Waals surface area contributed by atoms with Crippen molar-refractivity contribution in [2.24, 2.45) is 0 Å². The molecule has 0 aromatic carbocycles. The van der Waals surface area contributed by atoms with Crippen molar-refractivity contribution in [1.82, 2.24) is 0 Å². The van der Waals surface area contributed by atoms with Crippen LogP contribution < -0.4 is 0 Å². The van der Waals surface area contributed by atoms with Crippen molar-refractivity contribution >= 4 is 19.8 Å². The number of nitrogens with zero attached hydrogens (tertiary/aromatic N) is 1. The minimum Gasteiger partial charge on any atom is -0.457 e. The number of alkyl halides is 6. The van der Waals surface area contributed by atoms with Crippen molar-refractivity contribution in [3.05, 3.63) is 4.13 Å². The third kappa shape index (κ3) is 3.20. The lowest BCUT2D eigenvalue weighted by Crippen LogP contribution is -2.28. The highest BCUT2D eigenvalue weighted by atomic mass is 32.3. The van der Waals surface area contributed by atoms with Gasteiger partial charge in [-0.15, -0.1) is 0 Å². The molecule has 0 aromatic heterocycles. The first-order chi connectivity index (χ1) is 6.21. The third-order valence-electron chi connectivity index (χ3n) is 0.837. The molecule has 0 amide bonds. The molecule has 5 nitrogen and oxygen atoms in total. The smallest absolute Gasteiger partial charge is 0.457 e. The molecule has 0 heterocycles. The van der Waals surface area contributed by atoms with Crippen LogP contribution in [0.4, 0.5) is 26.3 Å².